The number of para-hydroxylation sites is 2. The molecule has 0 fully saturated rings. The van der Waals surface area contributed by atoms with Crippen molar-refractivity contribution in [1.82, 2.24) is 15.8 Å². The summed E-state index contributed by atoms with van der Waals surface area (Å²) in [5.41, 5.74) is 6.58. The van der Waals surface area contributed by atoms with Crippen LogP contribution < -0.4 is 10.9 Å². The number of fused-ring (bicyclic) bond motifs is 1. The first-order valence-electron chi connectivity index (χ1n) is 6.95. The molecule has 6 nitrogen and oxygen atoms in total. The predicted molar refractivity (Wildman–Crippen MR) is 94.5 cm³/mol. The molecular formula is C16H12BrN3O3S. The topological polar surface area (TPSA) is 84.2 Å². The molecule has 0 aliphatic carbocycles. The number of nitrogens with one attached hydrogen (secondary N) is 2. The molecule has 0 atom stereocenters. The van der Waals surface area contributed by atoms with Gasteiger partial charge >= 0.3 is 0 Å². The Morgan fingerprint density at radius 3 is 2.75 bits per heavy atom. The molecule has 0 bridgehead atoms. The minimum atomic E-state index is -0.392. The Hall–Kier alpha value is -2.32. The summed E-state index contributed by atoms with van der Waals surface area (Å²) in [7, 11) is 0. The molecule has 2 amide bonds. The van der Waals surface area contributed by atoms with E-state index in [9.17, 15) is 9.59 Å². The van der Waals surface area contributed by atoms with E-state index < -0.39 is 5.91 Å². The van der Waals surface area contributed by atoms with Gasteiger partial charge in [0, 0.05) is 10.0 Å². The fourth-order valence-corrected chi connectivity index (χ4v) is 2.94. The molecule has 2 aromatic carbocycles. The molecule has 0 saturated carbocycles. The molecular weight excluding hydrogens is 394 g/mol. The molecule has 3 rings (SSSR count). The molecule has 3 aromatic rings. The quantitative estimate of drug-likeness (QED) is 0.514. The standard InChI is InChI=1S/C16H12BrN3O3S/c17-11-5-3-4-10(8-11)15(22)20-19-14(21)9-24-16-18-12-6-1-2-7-13(12)23-16/h1-8H,9H2,(H,19,21)(H,20,22). The Balaban J connectivity index is 1.49. The van der Waals surface area contributed by atoms with E-state index in [1.54, 1.807) is 18.2 Å². The van der Waals surface area contributed by atoms with E-state index in [0.29, 0.717) is 16.4 Å². The molecule has 24 heavy (non-hydrogen) atoms. The van der Waals surface area contributed by atoms with E-state index in [0.717, 1.165) is 21.8 Å². The number of halogens is 1. The highest BCUT2D eigenvalue weighted by atomic mass is 79.9. The Morgan fingerprint density at radius 2 is 1.96 bits per heavy atom. The molecule has 122 valence electrons. The summed E-state index contributed by atoms with van der Waals surface area (Å²) in [6.45, 7) is 0. The van der Waals surface area contributed by atoms with Crippen LogP contribution in [0.15, 0.2) is 62.6 Å². The van der Waals surface area contributed by atoms with Crippen LogP contribution in [0.3, 0.4) is 0 Å². The normalized spacial score (nSPS) is 10.5. The van der Waals surface area contributed by atoms with Gasteiger partial charge in [-0.05, 0) is 30.3 Å². The summed E-state index contributed by atoms with van der Waals surface area (Å²) < 4.78 is 6.29. The molecule has 1 heterocycles. The zero-order valence-electron chi connectivity index (χ0n) is 12.3. The smallest absolute Gasteiger partial charge is 0.269 e. The van der Waals surface area contributed by atoms with Crippen LogP contribution in [0.1, 0.15) is 10.4 Å². The van der Waals surface area contributed by atoms with Crippen molar-refractivity contribution in [3.05, 3.63) is 58.6 Å². The Morgan fingerprint density at radius 1 is 1.12 bits per heavy atom. The van der Waals surface area contributed by atoms with Gasteiger partial charge in [-0.3, -0.25) is 20.4 Å². The van der Waals surface area contributed by atoms with Crippen LogP contribution in [-0.4, -0.2) is 22.6 Å². The maximum atomic E-state index is 11.9. The van der Waals surface area contributed by atoms with Gasteiger partial charge in [0.2, 0.25) is 5.91 Å². The monoisotopic (exact) mass is 405 g/mol. The molecule has 0 spiro atoms. The van der Waals surface area contributed by atoms with Crippen LogP contribution in [0, 0.1) is 0 Å². The molecule has 1 aromatic heterocycles. The Labute approximate surface area is 150 Å². The number of carbonyl (C=O) groups excluding carboxylic acids is 2. The van der Waals surface area contributed by atoms with Crippen molar-refractivity contribution in [2.75, 3.05) is 5.75 Å². The van der Waals surface area contributed by atoms with E-state index in [2.05, 4.69) is 31.8 Å². The van der Waals surface area contributed by atoms with Gasteiger partial charge in [0.1, 0.15) is 5.52 Å². The van der Waals surface area contributed by atoms with Gasteiger partial charge in [0.25, 0.3) is 11.1 Å². The average Bonchev–Trinajstić information content (AvgIpc) is 3.00. The van der Waals surface area contributed by atoms with Crippen molar-refractivity contribution in [1.29, 1.82) is 0 Å². The summed E-state index contributed by atoms with van der Waals surface area (Å²) in [4.78, 5) is 28.0. The lowest BCUT2D eigenvalue weighted by atomic mass is 10.2. The van der Waals surface area contributed by atoms with Gasteiger partial charge in [-0.1, -0.05) is 45.9 Å². The second kappa shape index (κ2) is 7.50. The van der Waals surface area contributed by atoms with Crippen LogP contribution in [-0.2, 0) is 4.79 Å². The van der Waals surface area contributed by atoms with Crippen molar-refractivity contribution < 1.29 is 14.0 Å². The number of thioether (sulfide) groups is 1. The fourth-order valence-electron chi connectivity index (χ4n) is 1.90. The van der Waals surface area contributed by atoms with Crippen molar-refractivity contribution >= 4 is 50.6 Å². The number of hydrogen-bond donors (Lipinski definition) is 2. The first-order chi connectivity index (χ1) is 11.6. The number of benzene rings is 2. The number of hydrazine groups is 1. The number of nitrogens with zero attached hydrogens (tertiary/aromatic N) is 1. The van der Waals surface area contributed by atoms with Gasteiger partial charge in [-0.25, -0.2) is 4.98 Å². The number of oxazole rings is 1. The van der Waals surface area contributed by atoms with Crippen LogP contribution in [0.5, 0.6) is 0 Å². The first-order valence-corrected chi connectivity index (χ1v) is 8.73. The van der Waals surface area contributed by atoms with E-state index in [-0.39, 0.29) is 11.7 Å². The van der Waals surface area contributed by atoms with Crippen molar-refractivity contribution in [3.63, 3.8) is 0 Å². The maximum Gasteiger partial charge on any atom is 0.269 e. The third-order valence-corrected chi connectivity index (χ3v) is 4.32. The Kier molecular flexibility index (Phi) is 5.17. The first kappa shape index (κ1) is 16.5. The van der Waals surface area contributed by atoms with Crippen LogP contribution in [0.2, 0.25) is 0 Å². The van der Waals surface area contributed by atoms with Crippen molar-refractivity contribution in [2.24, 2.45) is 0 Å². The lowest BCUT2D eigenvalue weighted by Crippen LogP contribution is -2.42. The fraction of sp³-hybridized carbons (Fsp3) is 0.0625. The summed E-state index contributed by atoms with van der Waals surface area (Å²) in [6.07, 6.45) is 0. The highest BCUT2D eigenvalue weighted by Crippen LogP contribution is 2.22. The molecule has 2 N–H and O–H groups in total. The van der Waals surface area contributed by atoms with Crippen LogP contribution in [0.25, 0.3) is 11.1 Å². The minimum absolute atomic E-state index is 0.0750. The number of hydrogen-bond acceptors (Lipinski definition) is 5. The zero-order chi connectivity index (χ0) is 16.9. The molecule has 0 radical (unpaired) electrons. The van der Waals surface area contributed by atoms with E-state index in [1.165, 1.54) is 0 Å². The van der Waals surface area contributed by atoms with Crippen molar-refractivity contribution in [3.8, 4) is 0 Å². The summed E-state index contributed by atoms with van der Waals surface area (Å²) in [5.74, 6) is -0.673. The number of aromatic nitrogens is 1. The Bertz CT molecular complexity index is 864. The van der Waals surface area contributed by atoms with Gasteiger partial charge in [0.15, 0.2) is 5.58 Å². The second-order valence-corrected chi connectivity index (χ2v) is 6.59. The van der Waals surface area contributed by atoms with Crippen LogP contribution >= 0.6 is 27.7 Å². The van der Waals surface area contributed by atoms with Gasteiger partial charge in [-0.2, -0.15) is 0 Å². The molecule has 0 aliphatic rings. The van der Waals surface area contributed by atoms with Gasteiger partial charge in [-0.15, -0.1) is 0 Å². The van der Waals surface area contributed by atoms with Crippen molar-refractivity contribution in [2.45, 2.75) is 5.22 Å². The largest absolute Gasteiger partial charge is 0.431 e. The highest BCUT2D eigenvalue weighted by molar-refractivity contribution is 9.10. The maximum absolute atomic E-state index is 11.9. The lowest BCUT2D eigenvalue weighted by Gasteiger charge is -2.06. The molecule has 8 heteroatoms. The predicted octanol–water partition coefficient (Wildman–Crippen LogP) is 3.14. The van der Waals surface area contributed by atoms with Gasteiger partial charge in [0.05, 0.1) is 5.75 Å². The molecule has 0 saturated heterocycles. The van der Waals surface area contributed by atoms with Gasteiger partial charge < -0.3 is 4.42 Å². The number of rotatable bonds is 4. The SMILES string of the molecule is O=C(CSc1nc2ccccc2o1)NNC(=O)c1cccc(Br)c1. The lowest BCUT2D eigenvalue weighted by molar-refractivity contribution is -0.119. The summed E-state index contributed by atoms with van der Waals surface area (Å²) in [6, 6.07) is 14.2. The van der Waals surface area contributed by atoms with E-state index >= 15 is 0 Å². The van der Waals surface area contributed by atoms with E-state index in [4.69, 9.17) is 4.42 Å². The van der Waals surface area contributed by atoms with E-state index in [1.807, 2.05) is 30.3 Å². The summed E-state index contributed by atoms with van der Waals surface area (Å²) >= 11 is 4.44. The number of carbonyl (C=O) groups is 2. The summed E-state index contributed by atoms with van der Waals surface area (Å²) in [5, 5.41) is 0.407. The third kappa shape index (κ3) is 4.15. The third-order valence-electron chi connectivity index (χ3n) is 3.00. The molecule has 0 aliphatic heterocycles. The minimum Gasteiger partial charge on any atom is -0.431 e. The highest BCUT2D eigenvalue weighted by Gasteiger charge is 2.11. The van der Waals surface area contributed by atoms with Crippen LogP contribution in [0.4, 0.5) is 0 Å². The second-order valence-electron chi connectivity index (χ2n) is 4.75. The number of amides is 2. The average molecular weight is 406 g/mol. The zero-order valence-corrected chi connectivity index (χ0v) is 14.7. The molecule has 0 unspecified atom stereocenters.